The van der Waals surface area contributed by atoms with Crippen LogP contribution in [0.15, 0.2) is 12.1 Å². The summed E-state index contributed by atoms with van der Waals surface area (Å²) < 4.78 is 0. The Kier molecular flexibility index (Phi) is 3.11. The van der Waals surface area contributed by atoms with Crippen molar-refractivity contribution in [1.29, 1.82) is 0 Å². The molecule has 4 N–H and O–H groups in total. The summed E-state index contributed by atoms with van der Waals surface area (Å²) in [5.74, 6) is -0.292. The molecule has 0 spiro atoms. The first-order valence-corrected chi connectivity index (χ1v) is 7.16. The molecule has 0 radical (unpaired) electrons. The van der Waals surface area contributed by atoms with Crippen molar-refractivity contribution in [1.82, 2.24) is 5.32 Å². The van der Waals surface area contributed by atoms with Gasteiger partial charge < -0.3 is 21.3 Å². The summed E-state index contributed by atoms with van der Waals surface area (Å²) in [5, 5.41) is 6.08. The van der Waals surface area contributed by atoms with Gasteiger partial charge in [0.1, 0.15) is 11.6 Å². The first kappa shape index (κ1) is 14.2. The van der Waals surface area contributed by atoms with Crippen LogP contribution in [0.1, 0.15) is 25.5 Å². The van der Waals surface area contributed by atoms with Gasteiger partial charge in [-0.25, -0.2) is 0 Å². The van der Waals surface area contributed by atoms with Gasteiger partial charge in [0.25, 0.3) is 0 Å². The second-order valence-corrected chi connectivity index (χ2v) is 6.23. The van der Waals surface area contributed by atoms with E-state index >= 15 is 0 Å². The summed E-state index contributed by atoms with van der Waals surface area (Å²) >= 11 is 6.36. The molecule has 2 heterocycles. The number of halogens is 1. The van der Waals surface area contributed by atoms with Crippen molar-refractivity contribution in [2.45, 2.75) is 25.4 Å². The van der Waals surface area contributed by atoms with Crippen LogP contribution in [0, 0.1) is 0 Å². The molecule has 0 aromatic heterocycles. The molecule has 1 aromatic carbocycles. The third-order valence-electron chi connectivity index (χ3n) is 4.14. The van der Waals surface area contributed by atoms with E-state index < -0.39 is 11.6 Å². The molecule has 1 atom stereocenters. The number of nitrogens with zero attached hydrogens (tertiary/aromatic N) is 1. The number of nitrogens with one attached hydrogen (secondary N) is 2. The van der Waals surface area contributed by atoms with E-state index in [1.807, 2.05) is 18.7 Å². The van der Waals surface area contributed by atoms with Gasteiger partial charge in [-0.05, 0) is 26.0 Å². The van der Waals surface area contributed by atoms with Gasteiger partial charge in [0.15, 0.2) is 0 Å². The molecule has 1 fully saturated rings. The van der Waals surface area contributed by atoms with Crippen LogP contribution in [-0.4, -0.2) is 30.4 Å². The van der Waals surface area contributed by atoms with Gasteiger partial charge in [-0.1, -0.05) is 11.6 Å². The number of piperazine rings is 1. The van der Waals surface area contributed by atoms with Gasteiger partial charge in [-0.2, -0.15) is 0 Å². The van der Waals surface area contributed by atoms with Gasteiger partial charge in [-0.15, -0.1) is 0 Å². The average molecular weight is 309 g/mol. The number of hydrogen-bond donors (Lipinski definition) is 3. The van der Waals surface area contributed by atoms with Crippen molar-refractivity contribution in [3.8, 4) is 0 Å². The molecular formula is C14H17ClN4O2. The summed E-state index contributed by atoms with van der Waals surface area (Å²) in [6.07, 6.45) is 0. The molecule has 21 heavy (non-hydrogen) atoms. The number of carbonyl (C=O) groups is 2. The average Bonchev–Trinajstić information content (AvgIpc) is 2.68. The smallest absolute Gasteiger partial charge is 0.245 e. The van der Waals surface area contributed by atoms with Crippen LogP contribution in [0.2, 0.25) is 5.02 Å². The number of benzene rings is 1. The fourth-order valence-corrected chi connectivity index (χ4v) is 3.10. The number of amides is 2. The molecule has 0 bridgehead atoms. The highest BCUT2D eigenvalue weighted by Gasteiger charge is 2.39. The fraction of sp³-hybridized carbons (Fsp3) is 0.429. The topological polar surface area (TPSA) is 87.5 Å². The maximum absolute atomic E-state index is 12.1. The summed E-state index contributed by atoms with van der Waals surface area (Å²) in [7, 11) is 0. The third-order valence-corrected chi connectivity index (χ3v) is 4.44. The number of rotatable bonds is 1. The summed E-state index contributed by atoms with van der Waals surface area (Å²) in [5.41, 5.74) is 7.18. The van der Waals surface area contributed by atoms with Crippen LogP contribution < -0.4 is 21.3 Å². The van der Waals surface area contributed by atoms with E-state index in [4.69, 9.17) is 17.3 Å². The molecule has 1 aromatic rings. The Bertz CT molecular complexity index is 644. The predicted molar refractivity (Wildman–Crippen MR) is 81.4 cm³/mol. The lowest BCUT2D eigenvalue weighted by atomic mass is 9.97. The second-order valence-electron chi connectivity index (χ2n) is 5.82. The lowest BCUT2D eigenvalue weighted by molar-refractivity contribution is -0.126. The van der Waals surface area contributed by atoms with Crippen LogP contribution in [-0.2, 0) is 9.59 Å². The molecule has 2 aliphatic heterocycles. The summed E-state index contributed by atoms with van der Waals surface area (Å²) in [4.78, 5) is 25.7. The Morgan fingerprint density at radius 2 is 2.10 bits per heavy atom. The van der Waals surface area contributed by atoms with Crippen molar-refractivity contribution in [2.24, 2.45) is 5.73 Å². The van der Waals surface area contributed by atoms with Gasteiger partial charge >= 0.3 is 0 Å². The third kappa shape index (κ3) is 2.06. The zero-order chi connectivity index (χ0) is 15.4. The van der Waals surface area contributed by atoms with E-state index in [2.05, 4.69) is 10.6 Å². The highest BCUT2D eigenvalue weighted by atomic mass is 35.5. The molecule has 6 nitrogen and oxygen atoms in total. The van der Waals surface area contributed by atoms with Crippen molar-refractivity contribution in [3.63, 3.8) is 0 Å². The van der Waals surface area contributed by atoms with E-state index in [9.17, 15) is 9.59 Å². The molecule has 2 aliphatic rings. The van der Waals surface area contributed by atoms with Crippen molar-refractivity contribution < 1.29 is 9.59 Å². The number of carbonyl (C=O) groups excluding carboxylic acids is 2. The van der Waals surface area contributed by atoms with Crippen LogP contribution in [0.5, 0.6) is 0 Å². The van der Waals surface area contributed by atoms with E-state index in [0.717, 1.165) is 5.69 Å². The molecule has 3 rings (SSSR count). The highest BCUT2D eigenvalue weighted by Crippen LogP contribution is 2.40. The summed E-state index contributed by atoms with van der Waals surface area (Å²) in [6, 6.07) is 2.81. The zero-order valence-corrected chi connectivity index (χ0v) is 12.6. The minimum atomic E-state index is -0.707. The summed E-state index contributed by atoms with van der Waals surface area (Å²) in [6.45, 7) is 4.89. The van der Waals surface area contributed by atoms with Gasteiger partial charge in [-0.3, -0.25) is 9.59 Å². The molecule has 0 saturated carbocycles. The lowest BCUT2D eigenvalue weighted by Crippen LogP contribution is -2.62. The number of anilines is 2. The molecule has 0 aliphatic carbocycles. The van der Waals surface area contributed by atoms with Crippen molar-refractivity contribution >= 4 is 34.8 Å². The van der Waals surface area contributed by atoms with Gasteiger partial charge in [0.2, 0.25) is 11.8 Å². The van der Waals surface area contributed by atoms with Crippen LogP contribution in [0.4, 0.5) is 11.4 Å². The molecular weight excluding hydrogens is 292 g/mol. The van der Waals surface area contributed by atoms with E-state index in [1.54, 1.807) is 12.1 Å². The highest BCUT2D eigenvalue weighted by molar-refractivity contribution is 6.34. The lowest BCUT2D eigenvalue weighted by Gasteiger charge is -2.43. The molecule has 2 amide bonds. The first-order valence-electron chi connectivity index (χ1n) is 6.78. The number of nitrogens with two attached hydrogens (primary N) is 1. The van der Waals surface area contributed by atoms with Crippen molar-refractivity contribution in [2.75, 3.05) is 23.3 Å². The molecule has 1 saturated heterocycles. The SMILES string of the molecule is CC1(C)C(=O)NCCN1c1cc2c(cc1Cl)C(N)C(=O)N2. The minimum absolute atomic E-state index is 0.0500. The van der Waals surface area contributed by atoms with E-state index in [0.29, 0.717) is 29.4 Å². The van der Waals surface area contributed by atoms with Gasteiger partial charge in [0.05, 0.1) is 10.7 Å². The standard InChI is InChI=1S/C14H17ClN4O2/c1-14(2)13(21)17-3-4-19(14)10-6-9-7(5-8(10)15)11(16)12(20)18-9/h5-6,11H,3-4,16H2,1-2H3,(H,17,21)(H,18,20). The Balaban J connectivity index is 2.06. The Morgan fingerprint density at radius 3 is 2.81 bits per heavy atom. The number of fused-ring (bicyclic) bond motifs is 1. The number of hydrogen-bond acceptors (Lipinski definition) is 4. The Labute approximate surface area is 127 Å². The van der Waals surface area contributed by atoms with Crippen LogP contribution >= 0.6 is 11.6 Å². The molecule has 1 unspecified atom stereocenters. The largest absolute Gasteiger partial charge is 0.354 e. The fourth-order valence-electron chi connectivity index (χ4n) is 2.82. The molecule has 112 valence electrons. The Hall–Kier alpha value is -1.79. The minimum Gasteiger partial charge on any atom is -0.354 e. The molecule has 7 heteroatoms. The monoisotopic (exact) mass is 308 g/mol. The normalized spacial score (nSPS) is 23.6. The van der Waals surface area contributed by atoms with Crippen LogP contribution in [0.25, 0.3) is 0 Å². The Morgan fingerprint density at radius 1 is 1.38 bits per heavy atom. The quantitative estimate of drug-likeness (QED) is 0.722. The van der Waals surface area contributed by atoms with E-state index in [-0.39, 0.29) is 11.8 Å². The van der Waals surface area contributed by atoms with Crippen molar-refractivity contribution in [3.05, 3.63) is 22.7 Å². The van der Waals surface area contributed by atoms with E-state index in [1.165, 1.54) is 0 Å². The second kappa shape index (κ2) is 4.61. The zero-order valence-electron chi connectivity index (χ0n) is 11.9. The van der Waals surface area contributed by atoms with Gasteiger partial charge in [0, 0.05) is 24.3 Å². The maximum Gasteiger partial charge on any atom is 0.245 e. The first-order chi connectivity index (χ1) is 9.82. The maximum atomic E-state index is 12.1. The predicted octanol–water partition coefficient (Wildman–Crippen LogP) is 1.01. The van der Waals surface area contributed by atoms with Crippen LogP contribution in [0.3, 0.4) is 0 Å².